The molecule has 0 radical (unpaired) electrons. The highest BCUT2D eigenvalue weighted by atomic mass is 16.5. The molecular formula is C19H31N2O+. The zero-order valence-corrected chi connectivity index (χ0v) is 14.0. The number of nitrogens with zero attached hydrogens (tertiary/aromatic N) is 1. The summed E-state index contributed by atoms with van der Waals surface area (Å²) in [7, 11) is 1.77. The standard InChI is InChI=1S/C19H30N2O/c1-22-19-9-5-4-8-17(19)16-20-14-10-18(11-15-20)21-12-6-2-3-7-13-21/h4-5,8-9,18H,2-3,6-7,10-16H2,1H3/p+1. The van der Waals surface area contributed by atoms with Gasteiger partial charge >= 0.3 is 0 Å². The van der Waals surface area contributed by atoms with Crippen LogP contribution in [0.5, 0.6) is 5.75 Å². The number of benzene rings is 1. The van der Waals surface area contributed by atoms with Gasteiger partial charge in [-0.3, -0.25) is 4.90 Å². The lowest BCUT2D eigenvalue weighted by Gasteiger charge is -2.36. The van der Waals surface area contributed by atoms with E-state index in [9.17, 15) is 0 Å². The highest BCUT2D eigenvalue weighted by Crippen LogP contribution is 2.21. The minimum atomic E-state index is 0.909. The van der Waals surface area contributed by atoms with Crippen molar-refractivity contribution in [1.29, 1.82) is 0 Å². The van der Waals surface area contributed by atoms with E-state index in [0.717, 1.165) is 18.3 Å². The predicted octanol–water partition coefficient (Wildman–Crippen LogP) is 2.12. The van der Waals surface area contributed by atoms with E-state index >= 15 is 0 Å². The van der Waals surface area contributed by atoms with Gasteiger partial charge in [0.05, 0.1) is 26.2 Å². The van der Waals surface area contributed by atoms with Gasteiger partial charge in [-0.15, -0.1) is 0 Å². The Balaban J connectivity index is 1.51. The summed E-state index contributed by atoms with van der Waals surface area (Å²) < 4.78 is 5.49. The van der Waals surface area contributed by atoms with Gasteiger partial charge in [0.15, 0.2) is 0 Å². The summed E-state index contributed by atoms with van der Waals surface area (Å²) in [5.41, 5.74) is 1.32. The molecule has 0 aliphatic carbocycles. The minimum absolute atomic E-state index is 0.909. The maximum atomic E-state index is 5.49. The van der Waals surface area contributed by atoms with Gasteiger partial charge in [0.2, 0.25) is 0 Å². The fraction of sp³-hybridized carbons (Fsp3) is 0.684. The summed E-state index contributed by atoms with van der Waals surface area (Å²) in [5.74, 6) is 1.03. The summed E-state index contributed by atoms with van der Waals surface area (Å²) in [6.45, 7) is 6.35. The molecule has 1 N–H and O–H groups in total. The molecule has 3 rings (SSSR count). The van der Waals surface area contributed by atoms with Crippen molar-refractivity contribution in [3.8, 4) is 5.75 Å². The zero-order chi connectivity index (χ0) is 15.2. The van der Waals surface area contributed by atoms with Gasteiger partial charge in [0.25, 0.3) is 0 Å². The van der Waals surface area contributed by atoms with E-state index in [2.05, 4.69) is 29.2 Å². The van der Waals surface area contributed by atoms with E-state index in [4.69, 9.17) is 4.74 Å². The van der Waals surface area contributed by atoms with E-state index in [-0.39, 0.29) is 0 Å². The van der Waals surface area contributed by atoms with Crippen LogP contribution >= 0.6 is 0 Å². The molecule has 2 fully saturated rings. The third-order valence-electron chi connectivity index (χ3n) is 5.50. The average Bonchev–Trinajstić information content (AvgIpc) is 2.85. The van der Waals surface area contributed by atoms with Crippen LogP contribution in [-0.4, -0.2) is 44.2 Å². The summed E-state index contributed by atoms with van der Waals surface area (Å²) >= 11 is 0. The van der Waals surface area contributed by atoms with E-state index in [1.165, 1.54) is 70.3 Å². The first-order valence-corrected chi connectivity index (χ1v) is 9.05. The van der Waals surface area contributed by atoms with E-state index in [0.29, 0.717) is 0 Å². The van der Waals surface area contributed by atoms with Crippen LogP contribution < -0.4 is 9.64 Å². The van der Waals surface area contributed by atoms with Crippen molar-refractivity contribution in [1.82, 2.24) is 4.90 Å². The fourth-order valence-corrected chi connectivity index (χ4v) is 4.16. The first-order valence-electron chi connectivity index (χ1n) is 9.05. The molecule has 2 aliphatic heterocycles. The van der Waals surface area contributed by atoms with Crippen molar-refractivity contribution in [2.45, 2.75) is 51.1 Å². The Morgan fingerprint density at radius 2 is 1.73 bits per heavy atom. The van der Waals surface area contributed by atoms with Gasteiger partial charge in [-0.05, 0) is 31.7 Å². The normalized spacial score (nSPS) is 22.4. The van der Waals surface area contributed by atoms with Crippen LogP contribution in [0.3, 0.4) is 0 Å². The molecule has 2 aliphatic rings. The van der Waals surface area contributed by atoms with E-state index in [1.807, 2.05) is 4.90 Å². The molecule has 0 bridgehead atoms. The molecule has 0 aromatic heterocycles. The molecule has 2 saturated heterocycles. The summed E-state index contributed by atoms with van der Waals surface area (Å²) in [5, 5.41) is 0. The molecule has 0 atom stereocenters. The molecule has 22 heavy (non-hydrogen) atoms. The average molecular weight is 303 g/mol. The maximum Gasteiger partial charge on any atom is 0.123 e. The van der Waals surface area contributed by atoms with Gasteiger partial charge in [0, 0.05) is 38.0 Å². The van der Waals surface area contributed by atoms with Crippen LogP contribution in [0.25, 0.3) is 0 Å². The first kappa shape index (κ1) is 15.8. The van der Waals surface area contributed by atoms with Crippen molar-refractivity contribution in [2.24, 2.45) is 0 Å². The van der Waals surface area contributed by atoms with Crippen molar-refractivity contribution >= 4 is 0 Å². The largest absolute Gasteiger partial charge is 0.496 e. The topological polar surface area (TPSA) is 16.9 Å². The number of para-hydroxylation sites is 1. The fourth-order valence-electron chi connectivity index (χ4n) is 4.16. The summed E-state index contributed by atoms with van der Waals surface area (Å²) in [4.78, 5) is 4.50. The van der Waals surface area contributed by atoms with Crippen molar-refractivity contribution in [2.75, 3.05) is 33.3 Å². The van der Waals surface area contributed by atoms with Crippen LogP contribution in [0.1, 0.15) is 44.1 Å². The second-order valence-electron chi connectivity index (χ2n) is 6.93. The Morgan fingerprint density at radius 3 is 2.41 bits per heavy atom. The number of piperidine rings is 1. The van der Waals surface area contributed by atoms with Gasteiger partial charge in [-0.2, -0.15) is 0 Å². The Bertz CT molecular complexity index is 447. The highest BCUT2D eigenvalue weighted by Gasteiger charge is 2.28. The Hall–Kier alpha value is -1.06. The highest BCUT2D eigenvalue weighted by molar-refractivity contribution is 5.33. The maximum absolute atomic E-state index is 5.49. The monoisotopic (exact) mass is 303 g/mol. The molecule has 3 nitrogen and oxygen atoms in total. The molecular weight excluding hydrogens is 272 g/mol. The number of quaternary nitrogens is 1. The molecule has 0 spiro atoms. The molecule has 3 heteroatoms. The van der Waals surface area contributed by atoms with E-state index < -0.39 is 0 Å². The number of ether oxygens (including phenoxy) is 1. The molecule has 122 valence electrons. The van der Waals surface area contributed by atoms with E-state index in [1.54, 1.807) is 7.11 Å². The van der Waals surface area contributed by atoms with Gasteiger partial charge < -0.3 is 9.64 Å². The predicted molar refractivity (Wildman–Crippen MR) is 90.5 cm³/mol. The lowest BCUT2D eigenvalue weighted by molar-refractivity contribution is -0.926. The SMILES string of the molecule is COc1ccccc1CN1CCC([NH+]2CCCCCC2)CC1. The lowest BCUT2D eigenvalue weighted by atomic mass is 10.0. The first-order chi connectivity index (χ1) is 10.9. The number of rotatable bonds is 4. The number of hydrogen-bond acceptors (Lipinski definition) is 2. The van der Waals surface area contributed by atoms with Crippen molar-refractivity contribution in [3.05, 3.63) is 29.8 Å². The Kier molecular flexibility index (Phi) is 5.74. The molecule has 1 aromatic rings. The van der Waals surface area contributed by atoms with Crippen LogP contribution in [0, 0.1) is 0 Å². The van der Waals surface area contributed by atoms with Crippen molar-refractivity contribution in [3.63, 3.8) is 0 Å². The molecule has 1 aromatic carbocycles. The van der Waals surface area contributed by atoms with Crippen LogP contribution in [0.4, 0.5) is 0 Å². The van der Waals surface area contributed by atoms with Gasteiger partial charge in [0.1, 0.15) is 5.75 Å². The number of nitrogens with one attached hydrogen (secondary N) is 1. The lowest BCUT2D eigenvalue weighted by Crippen LogP contribution is -3.16. The minimum Gasteiger partial charge on any atom is -0.496 e. The third-order valence-corrected chi connectivity index (χ3v) is 5.50. The second kappa shape index (κ2) is 7.98. The molecule has 2 heterocycles. The van der Waals surface area contributed by atoms with Crippen molar-refractivity contribution < 1.29 is 9.64 Å². The molecule has 0 unspecified atom stereocenters. The number of hydrogen-bond donors (Lipinski definition) is 1. The zero-order valence-electron chi connectivity index (χ0n) is 14.0. The van der Waals surface area contributed by atoms with Crippen LogP contribution in [-0.2, 0) is 6.54 Å². The Morgan fingerprint density at radius 1 is 1.05 bits per heavy atom. The van der Waals surface area contributed by atoms with Gasteiger partial charge in [-0.1, -0.05) is 18.2 Å². The Labute approximate surface area is 135 Å². The third kappa shape index (κ3) is 4.02. The quantitative estimate of drug-likeness (QED) is 0.917. The smallest absolute Gasteiger partial charge is 0.123 e. The second-order valence-corrected chi connectivity index (χ2v) is 6.93. The van der Waals surface area contributed by atoms with Crippen LogP contribution in [0.15, 0.2) is 24.3 Å². The molecule has 0 amide bonds. The van der Waals surface area contributed by atoms with Crippen LogP contribution in [0.2, 0.25) is 0 Å². The molecule has 0 saturated carbocycles. The number of methoxy groups -OCH3 is 1. The van der Waals surface area contributed by atoms with Gasteiger partial charge in [-0.25, -0.2) is 0 Å². The summed E-state index contributed by atoms with van der Waals surface area (Å²) in [6.07, 6.45) is 8.52. The summed E-state index contributed by atoms with van der Waals surface area (Å²) in [6, 6.07) is 9.35. The number of likely N-dealkylation sites (tertiary alicyclic amines) is 2.